The highest BCUT2D eigenvalue weighted by molar-refractivity contribution is 7.98. The average Bonchev–Trinajstić information content (AvgIpc) is 2.64. The van der Waals surface area contributed by atoms with E-state index in [9.17, 15) is 15.3 Å². The summed E-state index contributed by atoms with van der Waals surface area (Å²) in [6.07, 6.45) is -1.79. The standard InChI is InChI=1S/C19H22O5S/c1-25-15-8-4-13(5-9-15)10-12-2-6-14(7-3-12)24-19-18(22)17(21)16(20)11-23-19/h2-9,16-22H,10-11H2,1H3/t16-,17+,18-,19-/m1/s1. The van der Waals surface area contributed by atoms with Crippen LogP contribution in [0.2, 0.25) is 0 Å². The van der Waals surface area contributed by atoms with Gasteiger partial charge in [-0.1, -0.05) is 24.3 Å². The van der Waals surface area contributed by atoms with E-state index in [1.807, 2.05) is 12.1 Å². The molecule has 1 aliphatic rings. The molecule has 25 heavy (non-hydrogen) atoms. The first kappa shape index (κ1) is 18.2. The molecule has 3 N–H and O–H groups in total. The quantitative estimate of drug-likeness (QED) is 0.704. The summed E-state index contributed by atoms with van der Waals surface area (Å²) in [5.41, 5.74) is 2.37. The number of hydrogen-bond acceptors (Lipinski definition) is 6. The maximum Gasteiger partial charge on any atom is 0.228 e. The highest BCUT2D eigenvalue weighted by Crippen LogP contribution is 2.22. The van der Waals surface area contributed by atoms with Gasteiger partial charge in [-0.25, -0.2) is 0 Å². The second-order valence-electron chi connectivity index (χ2n) is 6.04. The number of ether oxygens (including phenoxy) is 2. The van der Waals surface area contributed by atoms with Crippen LogP contribution in [0.5, 0.6) is 5.75 Å². The first-order valence-corrected chi connectivity index (χ1v) is 9.33. The molecule has 6 heteroatoms. The molecule has 134 valence electrons. The zero-order valence-electron chi connectivity index (χ0n) is 13.9. The lowest BCUT2D eigenvalue weighted by Gasteiger charge is -2.34. The monoisotopic (exact) mass is 362 g/mol. The van der Waals surface area contributed by atoms with Gasteiger partial charge in [0.2, 0.25) is 6.29 Å². The molecule has 1 saturated heterocycles. The second-order valence-corrected chi connectivity index (χ2v) is 6.92. The van der Waals surface area contributed by atoms with E-state index >= 15 is 0 Å². The Bertz CT molecular complexity index is 673. The molecule has 1 heterocycles. The van der Waals surface area contributed by atoms with E-state index < -0.39 is 24.6 Å². The van der Waals surface area contributed by atoms with Crippen molar-refractivity contribution in [2.75, 3.05) is 12.9 Å². The van der Waals surface area contributed by atoms with Crippen LogP contribution in [-0.4, -0.2) is 52.8 Å². The number of rotatable bonds is 5. The molecule has 0 bridgehead atoms. The molecule has 3 rings (SSSR count). The molecule has 1 fully saturated rings. The molecule has 0 amide bonds. The van der Waals surface area contributed by atoms with E-state index in [2.05, 4.69) is 30.5 Å². The van der Waals surface area contributed by atoms with Crippen LogP contribution < -0.4 is 4.74 Å². The molecule has 4 atom stereocenters. The van der Waals surface area contributed by atoms with Crippen molar-refractivity contribution in [2.24, 2.45) is 0 Å². The Hall–Kier alpha value is -1.57. The van der Waals surface area contributed by atoms with Crippen molar-refractivity contribution < 1.29 is 24.8 Å². The number of benzene rings is 2. The minimum Gasteiger partial charge on any atom is -0.462 e. The highest BCUT2D eigenvalue weighted by atomic mass is 32.2. The largest absolute Gasteiger partial charge is 0.462 e. The Labute approximate surface area is 151 Å². The Morgan fingerprint density at radius 3 is 2.16 bits per heavy atom. The van der Waals surface area contributed by atoms with E-state index in [4.69, 9.17) is 9.47 Å². The predicted octanol–water partition coefficient (Wildman–Crippen LogP) is 1.82. The van der Waals surface area contributed by atoms with E-state index in [1.165, 1.54) is 10.5 Å². The SMILES string of the molecule is CSc1ccc(Cc2ccc(O[C@H]3OC[C@@H](O)[C@H](O)[C@H]3O)cc2)cc1. The molecule has 2 aromatic carbocycles. The molecule has 1 aliphatic heterocycles. The maximum absolute atomic E-state index is 9.90. The molecule has 5 nitrogen and oxygen atoms in total. The van der Waals surface area contributed by atoms with Crippen LogP contribution in [0.4, 0.5) is 0 Å². The number of aliphatic hydroxyl groups excluding tert-OH is 3. The fourth-order valence-corrected chi connectivity index (χ4v) is 3.09. The number of hydrogen-bond donors (Lipinski definition) is 3. The van der Waals surface area contributed by atoms with Crippen LogP contribution in [0.1, 0.15) is 11.1 Å². The van der Waals surface area contributed by atoms with Crippen LogP contribution in [0.15, 0.2) is 53.4 Å². The minimum atomic E-state index is -1.29. The van der Waals surface area contributed by atoms with Gasteiger partial charge in [0.25, 0.3) is 0 Å². The van der Waals surface area contributed by atoms with Crippen molar-refractivity contribution >= 4 is 11.8 Å². The zero-order chi connectivity index (χ0) is 17.8. The van der Waals surface area contributed by atoms with Gasteiger partial charge < -0.3 is 24.8 Å². The smallest absolute Gasteiger partial charge is 0.228 e. The fourth-order valence-electron chi connectivity index (χ4n) is 2.68. The van der Waals surface area contributed by atoms with Crippen LogP contribution in [0.25, 0.3) is 0 Å². The lowest BCUT2D eigenvalue weighted by atomic mass is 10.0. The number of thioether (sulfide) groups is 1. The van der Waals surface area contributed by atoms with E-state index in [0.717, 1.165) is 12.0 Å². The predicted molar refractivity (Wildman–Crippen MR) is 95.9 cm³/mol. The minimum absolute atomic E-state index is 0.0764. The second kappa shape index (κ2) is 8.21. The van der Waals surface area contributed by atoms with Crippen molar-refractivity contribution in [3.8, 4) is 5.75 Å². The summed E-state index contributed by atoms with van der Waals surface area (Å²) < 4.78 is 10.8. The Morgan fingerprint density at radius 2 is 1.56 bits per heavy atom. The van der Waals surface area contributed by atoms with Gasteiger partial charge in [-0.15, -0.1) is 11.8 Å². The van der Waals surface area contributed by atoms with Gasteiger partial charge in [0.1, 0.15) is 24.1 Å². The summed E-state index contributed by atoms with van der Waals surface area (Å²) in [7, 11) is 0. The van der Waals surface area contributed by atoms with Gasteiger partial charge in [-0.2, -0.15) is 0 Å². The molecule has 0 spiro atoms. The fraction of sp³-hybridized carbons (Fsp3) is 0.368. The molecule has 0 saturated carbocycles. The van der Waals surface area contributed by atoms with Crippen molar-refractivity contribution in [3.63, 3.8) is 0 Å². The third-order valence-corrected chi connectivity index (χ3v) is 4.94. The third-order valence-electron chi connectivity index (χ3n) is 4.20. The van der Waals surface area contributed by atoms with Crippen molar-refractivity contribution in [3.05, 3.63) is 59.7 Å². The van der Waals surface area contributed by atoms with E-state index in [-0.39, 0.29) is 6.61 Å². The lowest BCUT2D eigenvalue weighted by molar-refractivity contribution is -0.242. The topological polar surface area (TPSA) is 79.2 Å². The molecule has 2 aromatic rings. The van der Waals surface area contributed by atoms with Gasteiger partial charge in [0, 0.05) is 4.90 Å². The van der Waals surface area contributed by atoms with Gasteiger partial charge >= 0.3 is 0 Å². The molecule has 0 unspecified atom stereocenters. The first-order chi connectivity index (χ1) is 12.1. The lowest BCUT2D eigenvalue weighted by Crippen LogP contribution is -2.54. The molecule has 0 aliphatic carbocycles. The molecule has 0 radical (unpaired) electrons. The van der Waals surface area contributed by atoms with E-state index in [1.54, 1.807) is 23.9 Å². The van der Waals surface area contributed by atoms with Crippen LogP contribution >= 0.6 is 11.8 Å². The van der Waals surface area contributed by atoms with Crippen molar-refractivity contribution in [1.82, 2.24) is 0 Å². The Morgan fingerprint density at radius 1 is 0.960 bits per heavy atom. The van der Waals surface area contributed by atoms with Crippen LogP contribution in [-0.2, 0) is 11.2 Å². The summed E-state index contributed by atoms with van der Waals surface area (Å²) in [6, 6.07) is 16.0. The van der Waals surface area contributed by atoms with Crippen molar-refractivity contribution in [1.29, 1.82) is 0 Å². The average molecular weight is 362 g/mol. The van der Waals surface area contributed by atoms with Gasteiger partial charge in [0.15, 0.2) is 0 Å². The Kier molecular flexibility index (Phi) is 5.98. The van der Waals surface area contributed by atoms with Gasteiger partial charge in [-0.3, -0.25) is 0 Å². The third kappa shape index (κ3) is 4.54. The summed E-state index contributed by atoms with van der Waals surface area (Å²) in [6.45, 7) is -0.0764. The summed E-state index contributed by atoms with van der Waals surface area (Å²) in [4.78, 5) is 1.24. The first-order valence-electron chi connectivity index (χ1n) is 8.11. The van der Waals surface area contributed by atoms with Gasteiger partial charge in [0.05, 0.1) is 6.61 Å². The highest BCUT2D eigenvalue weighted by Gasteiger charge is 2.38. The normalized spacial score (nSPS) is 26.4. The van der Waals surface area contributed by atoms with Gasteiger partial charge in [-0.05, 0) is 48.1 Å². The molecular weight excluding hydrogens is 340 g/mol. The summed E-state index contributed by atoms with van der Waals surface area (Å²) in [5.74, 6) is 0.536. The van der Waals surface area contributed by atoms with Crippen LogP contribution in [0.3, 0.4) is 0 Å². The maximum atomic E-state index is 9.90. The zero-order valence-corrected chi connectivity index (χ0v) is 14.7. The van der Waals surface area contributed by atoms with Crippen LogP contribution in [0, 0.1) is 0 Å². The van der Waals surface area contributed by atoms with E-state index in [0.29, 0.717) is 5.75 Å². The van der Waals surface area contributed by atoms with Crippen molar-refractivity contribution in [2.45, 2.75) is 35.9 Å². The number of aliphatic hydroxyl groups is 3. The molecule has 0 aromatic heterocycles. The summed E-state index contributed by atoms with van der Waals surface area (Å²) >= 11 is 1.72. The Balaban J connectivity index is 1.60. The summed E-state index contributed by atoms with van der Waals surface area (Å²) in [5, 5.41) is 29.0. The molecular formula is C19H22O5S.